The summed E-state index contributed by atoms with van der Waals surface area (Å²) >= 11 is 0. The largest absolute Gasteiger partial charge is 0.331 e. The molecule has 0 radical (unpaired) electrons. The fraction of sp³-hybridized carbons (Fsp3) is 0.357. The Morgan fingerprint density at radius 3 is 2.62 bits per heavy atom. The number of aromatic nitrogens is 2. The van der Waals surface area contributed by atoms with E-state index in [-0.39, 0.29) is 0 Å². The zero-order chi connectivity index (χ0) is 11.4. The van der Waals surface area contributed by atoms with Crippen LogP contribution in [0.15, 0.2) is 42.7 Å². The molecule has 0 atom stereocenters. The predicted octanol–water partition coefficient (Wildman–Crippen LogP) is 3.60. The van der Waals surface area contributed by atoms with Crippen LogP contribution in [0, 0.1) is 5.92 Å². The van der Waals surface area contributed by atoms with E-state index >= 15 is 0 Å². The molecule has 1 heterocycles. The van der Waals surface area contributed by atoms with Crippen molar-refractivity contribution in [2.75, 3.05) is 0 Å². The molecule has 2 nitrogen and oxygen atoms in total. The zero-order valence-corrected chi connectivity index (χ0v) is 9.93. The summed E-state index contributed by atoms with van der Waals surface area (Å²) in [5, 5.41) is 0. The van der Waals surface area contributed by atoms with E-state index in [9.17, 15) is 0 Å². The second-order valence-corrected chi connectivity index (χ2v) is 4.49. The highest BCUT2D eigenvalue weighted by Crippen LogP contribution is 2.17. The molecule has 2 aromatic rings. The van der Waals surface area contributed by atoms with Gasteiger partial charge in [0.05, 0.1) is 0 Å². The zero-order valence-electron chi connectivity index (χ0n) is 9.93. The molecular formula is C14H18N2. The van der Waals surface area contributed by atoms with E-state index in [1.807, 2.05) is 12.3 Å². The quantitative estimate of drug-likeness (QED) is 0.760. The lowest BCUT2D eigenvalue weighted by Crippen LogP contribution is -2.02. The Balaban J connectivity index is 2.19. The van der Waals surface area contributed by atoms with Crippen LogP contribution in [0.1, 0.15) is 20.3 Å². The van der Waals surface area contributed by atoms with Crippen LogP contribution in [0.4, 0.5) is 0 Å². The third kappa shape index (κ3) is 2.51. The third-order valence-corrected chi connectivity index (χ3v) is 2.69. The lowest BCUT2D eigenvalue weighted by molar-refractivity contribution is 0.519. The van der Waals surface area contributed by atoms with Crippen molar-refractivity contribution >= 4 is 0 Å². The maximum absolute atomic E-state index is 4.43. The number of aryl methyl sites for hydroxylation is 1. The summed E-state index contributed by atoms with van der Waals surface area (Å²) in [6, 6.07) is 10.3. The van der Waals surface area contributed by atoms with Gasteiger partial charge in [-0.2, -0.15) is 0 Å². The van der Waals surface area contributed by atoms with Gasteiger partial charge in [-0.25, -0.2) is 4.98 Å². The SMILES string of the molecule is CC(C)CCn1ccnc1-c1ccccc1. The lowest BCUT2D eigenvalue weighted by Gasteiger charge is -2.09. The minimum Gasteiger partial charge on any atom is -0.331 e. The summed E-state index contributed by atoms with van der Waals surface area (Å²) in [7, 11) is 0. The minimum atomic E-state index is 0.728. The van der Waals surface area contributed by atoms with Gasteiger partial charge in [0.15, 0.2) is 0 Å². The topological polar surface area (TPSA) is 17.8 Å². The lowest BCUT2D eigenvalue weighted by atomic mass is 10.1. The van der Waals surface area contributed by atoms with Crippen molar-refractivity contribution in [2.45, 2.75) is 26.8 Å². The van der Waals surface area contributed by atoms with Crippen molar-refractivity contribution in [3.05, 3.63) is 42.7 Å². The minimum absolute atomic E-state index is 0.728. The highest BCUT2D eigenvalue weighted by Gasteiger charge is 2.05. The number of rotatable bonds is 4. The molecule has 0 N–H and O–H groups in total. The number of imidazole rings is 1. The van der Waals surface area contributed by atoms with Crippen LogP contribution >= 0.6 is 0 Å². The van der Waals surface area contributed by atoms with E-state index in [0.29, 0.717) is 0 Å². The van der Waals surface area contributed by atoms with Crippen molar-refractivity contribution in [1.29, 1.82) is 0 Å². The Morgan fingerprint density at radius 1 is 1.19 bits per heavy atom. The number of benzene rings is 1. The van der Waals surface area contributed by atoms with Gasteiger partial charge in [-0.05, 0) is 12.3 Å². The van der Waals surface area contributed by atoms with Gasteiger partial charge in [0, 0.05) is 24.5 Å². The molecule has 0 fully saturated rings. The summed E-state index contributed by atoms with van der Waals surface area (Å²) in [5.41, 5.74) is 1.19. The summed E-state index contributed by atoms with van der Waals surface area (Å²) in [4.78, 5) is 4.43. The summed E-state index contributed by atoms with van der Waals surface area (Å²) in [6.45, 7) is 5.54. The van der Waals surface area contributed by atoms with Crippen LogP contribution in [0.5, 0.6) is 0 Å². The Labute approximate surface area is 97.0 Å². The number of hydrogen-bond acceptors (Lipinski definition) is 1. The van der Waals surface area contributed by atoms with Gasteiger partial charge in [-0.3, -0.25) is 0 Å². The standard InChI is InChI=1S/C14H18N2/c1-12(2)8-10-16-11-9-15-14(16)13-6-4-3-5-7-13/h3-7,9,11-12H,8,10H2,1-2H3. The predicted molar refractivity (Wildman–Crippen MR) is 67.1 cm³/mol. The van der Waals surface area contributed by atoms with Crippen LogP contribution in [-0.4, -0.2) is 9.55 Å². The van der Waals surface area contributed by atoms with Gasteiger partial charge in [-0.15, -0.1) is 0 Å². The first-order valence-electron chi connectivity index (χ1n) is 5.84. The first-order chi connectivity index (χ1) is 7.77. The van der Waals surface area contributed by atoms with Crippen LogP contribution in [0.2, 0.25) is 0 Å². The van der Waals surface area contributed by atoms with Gasteiger partial charge >= 0.3 is 0 Å². The average Bonchev–Trinajstić information content (AvgIpc) is 2.75. The maximum Gasteiger partial charge on any atom is 0.139 e. The molecule has 0 aliphatic heterocycles. The Bertz CT molecular complexity index is 429. The van der Waals surface area contributed by atoms with Crippen LogP contribution in [0.25, 0.3) is 11.4 Å². The van der Waals surface area contributed by atoms with E-state index < -0.39 is 0 Å². The average molecular weight is 214 g/mol. The smallest absolute Gasteiger partial charge is 0.139 e. The highest BCUT2D eigenvalue weighted by molar-refractivity contribution is 5.54. The Hall–Kier alpha value is -1.57. The van der Waals surface area contributed by atoms with Crippen molar-refractivity contribution in [1.82, 2.24) is 9.55 Å². The second kappa shape index (κ2) is 4.97. The van der Waals surface area contributed by atoms with E-state index in [1.54, 1.807) is 0 Å². The molecule has 0 unspecified atom stereocenters. The molecule has 0 aliphatic carbocycles. The molecule has 0 bridgehead atoms. The van der Waals surface area contributed by atoms with Crippen LogP contribution in [-0.2, 0) is 6.54 Å². The van der Waals surface area contributed by atoms with Crippen molar-refractivity contribution < 1.29 is 0 Å². The Morgan fingerprint density at radius 2 is 1.94 bits per heavy atom. The van der Waals surface area contributed by atoms with E-state index in [1.165, 1.54) is 12.0 Å². The van der Waals surface area contributed by atoms with Gasteiger partial charge in [-0.1, -0.05) is 44.2 Å². The van der Waals surface area contributed by atoms with Crippen molar-refractivity contribution in [3.8, 4) is 11.4 Å². The molecule has 16 heavy (non-hydrogen) atoms. The molecule has 0 spiro atoms. The third-order valence-electron chi connectivity index (χ3n) is 2.69. The maximum atomic E-state index is 4.43. The number of hydrogen-bond donors (Lipinski definition) is 0. The van der Waals surface area contributed by atoms with Crippen molar-refractivity contribution in [2.24, 2.45) is 5.92 Å². The normalized spacial score (nSPS) is 10.9. The Kier molecular flexibility index (Phi) is 3.40. The van der Waals surface area contributed by atoms with Crippen LogP contribution in [0.3, 0.4) is 0 Å². The van der Waals surface area contributed by atoms with E-state index in [2.05, 4.69) is 53.9 Å². The number of nitrogens with zero attached hydrogens (tertiary/aromatic N) is 2. The molecular weight excluding hydrogens is 196 g/mol. The molecule has 1 aromatic carbocycles. The second-order valence-electron chi connectivity index (χ2n) is 4.49. The monoisotopic (exact) mass is 214 g/mol. The summed E-state index contributed by atoms with van der Waals surface area (Å²) < 4.78 is 2.23. The van der Waals surface area contributed by atoms with Gasteiger partial charge in [0.1, 0.15) is 5.82 Å². The van der Waals surface area contributed by atoms with Gasteiger partial charge in [0.25, 0.3) is 0 Å². The first-order valence-corrected chi connectivity index (χ1v) is 5.84. The molecule has 2 heteroatoms. The molecule has 0 amide bonds. The van der Waals surface area contributed by atoms with E-state index in [4.69, 9.17) is 0 Å². The van der Waals surface area contributed by atoms with Crippen molar-refractivity contribution in [3.63, 3.8) is 0 Å². The van der Waals surface area contributed by atoms with Gasteiger partial charge in [0.2, 0.25) is 0 Å². The van der Waals surface area contributed by atoms with E-state index in [0.717, 1.165) is 18.3 Å². The molecule has 0 saturated heterocycles. The molecule has 84 valence electrons. The molecule has 0 aliphatic rings. The molecule has 2 rings (SSSR count). The molecule has 0 saturated carbocycles. The van der Waals surface area contributed by atoms with Crippen LogP contribution < -0.4 is 0 Å². The summed E-state index contributed by atoms with van der Waals surface area (Å²) in [5.74, 6) is 1.80. The fourth-order valence-corrected chi connectivity index (χ4v) is 1.73. The highest BCUT2D eigenvalue weighted by atomic mass is 15.1. The fourth-order valence-electron chi connectivity index (χ4n) is 1.73. The first kappa shape index (κ1) is 10.9. The van der Waals surface area contributed by atoms with Gasteiger partial charge < -0.3 is 4.57 Å². The summed E-state index contributed by atoms with van der Waals surface area (Å²) in [6.07, 6.45) is 5.13. The molecule has 1 aromatic heterocycles.